The van der Waals surface area contributed by atoms with E-state index in [9.17, 15) is 15.0 Å². The lowest BCUT2D eigenvalue weighted by molar-refractivity contribution is -0.0912. The first-order valence-corrected chi connectivity index (χ1v) is 5.73. The summed E-state index contributed by atoms with van der Waals surface area (Å²) in [6, 6.07) is 0. The second kappa shape index (κ2) is 4.66. The van der Waals surface area contributed by atoms with Crippen molar-refractivity contribution in [3.63, 3.8) is 0 Å². The molecule has 0 saturated carbocycles. The zero-order valence-electron chi connectivity index (χ0n) is 10.4. The van der Waals surface area contributed by atoms with E-state index in [2.05, 4.69) is 10.9 Å². The Morgan fingerprint density at radius 1 is 1.79 bits per heavy atom. The topological polar surface area (TPSA) is 111 Å². The van der Waals surface area contributed by atoms with Crippen LogP contribution in [0.4, 0.5) is 5.82 Å². The summed E-state index contributed by atoms with van der Waals surface area (Å²) in [5, 5.41) is 19.2. The number of nitrogens with zero attached hydrogens (tertiary/aromatic N) is 2. The standard InChI is InChI=1S/C12H15N3O4/c1-3-12(6-16)8(17)4-9(19-12)15-5-7(2)10(13)14-11(15)18/h1,5,8-9,16-17H,4,6H2,2H3,(H2,13,14,18)/t8-,9-,12-/m1/s1. The number of aromatic nitrogens is 2. The molecule has 0 amide bonds. The van der Waals surface area contributed by atoms with E-state index in [0.717, 1.165) is 0 Å². The molecule has 0 bridgehead atoms. The summed E-state index contributed by atoms with van der Waals surface area (Å²) < 4.78 is 6.68. The number of aryl methyl sites for hydroxylation is 1. The van der Waals surface area contributed by atoms with Gasteiger partial charge in [0.2, 0.25) is 0 Å². The predicted molar refractivity (Wildman–Crippen MR) is 67.0 cm³/mol. The third-order valence-electron chi connectivity index (χ3n) is 3.27. The molecule has 1 fully saturated rings. The Kier molecular flexibility index (Phi) is 3.32. The minimum absolute atomic E-state index is 0.0930. The van der Waals surface area contributed by atoms with Crippen LogP contribution in [0.1, 0.15) is 18.2 Å². The van der Waals surface area contributed by atoms with Crippen molar-refractivity contribution in [3.8, 4) is 12.3 Å². The van der Waals surface area contributed by atoms with Crippen molar-refractivity contribution in [3.05, 3.63) is 22.2 Å². The first-order chi connectivity index (χ1) is 8.93. The highest BCUT2D eigenvalue weighted by Crippen LogP contribution is 2.35. The van der Waals surface area contributed by atoms with E-state index in [-0.39, 0.29) is 12.2 Å². The van der Waals surface area contributed by atoms with Gasteiger partial charge in [-0.05, 0) is 6.92 Å². The number of rotatable bonds is 2. The highest BCUT2D eigenvalue weighted by molar-refractivity contribution is 5.35. The fourth-order valence-electron chi connectivity index (χ4n) is 2.02. The summed E-state index contributed by atoms with van der Waals surface area (Å²) in [7, 11) is 0. The van der Waals surface area contributed by atoms with Crippen molar-refractivity contribution in [2.75, 3.05) is 12.3 Å². The number of ether oxygens (including phenoxy) is 1. The summed E-state index contributed by atoms with van der Waals surface area (Å²) in [5.74, 6) is 2.38. The lowest BCUT2D eigenvalue weighted by atomic mass is 9.99. The van der Waals surface area contributed by atoms with Crippen LogP contribution >= 0.6 is 0 Å². The number of hydrogen-bond donors (Lipinski definition) is 3. The van der Waals surface area contributed by atoms with Gasteiger partial charge in [-0.25, -0.2) is 4.79 Å². The van der Waals surface area contributed by atoms with Crippen molar-refractivity contribution < 1.29 is 14.9 Å². The second-order valence-corrected chi connectivity index (χ2v) is 4.51. The van der Waals surface area contributed by atoms with Gasteiger partial charge in [-0.15, -0.1) is 6.42 Å². The van der Waals surface area contributed by atoms with Crippen molar-refractivity contribution in [2.24, 2.45) is 0 Å². The SMILES string of the molecule is C#C[C@]1(CO)O[C@@H](n2cc(C)c(N)nc2=O)C[C@H]1O. The lowest BCUT2D eigenvalue weighted by Crippen LogP contribution is -2.41. The molecule has 0 spiro atoms. The van der Waals surface area contributed by atoms with Crippen LogP contribution in [-0.2, 0) is 4.74 Å². The monoisotopic (exact) mass is 265 g/mol. The molecule has 0 radical (unpaired) electrons. The number of nitrogens with two attached hydrogens (primary N) is 1. The van der Waals surface area contributed by atoms with Crippen LogP contribution < -0.4 is 11.4 Å². The Hall–Kier alpha value is -1.88. The van der Waals surface area contributed by atoms with Crippen LogP contribution in [0, 0.1) is 19.3 Å². The average molecular weight is 265 g/mol. The maximum Gasteiger partial charge on any atom is 0.351 e. The molecule has 1 aromatic rings. The van der Waals surface area contributed by atoms with E-state index in [0.29, 0.717) is 5.56 Å². The normalized spacial score (nSPS) is 30.2. The number of anilines is 1. The van der Waals surface area contributed by atoms with Gasteiger partial charge in [0.15, 0.2) is 5.60 Å². The van der Waals surface area contributed by atoms with Crippen molar-refractivity contribution in [1.29, 1.82) is 0 Å². The van der Waals surface area contributed by atoms with Crippen LogP contribution in [0.15, 0.2) is 11.0 Å². The molecule has 7 heteroatoms. The molecule has 1 aromatic heterocycles. The van der Waals surface area contributed by atoms with E-state index in [1.54, 1.807) is 6.92 Å². The molecule has 102 valence electrons. The van der Waals surface area contributed by atoms with E-state index >= 15 is 0 Å². The van der Waals surface area contributed by atoms with Crippen LogP contribution in [0.5, 0.6) is 0 Å². The van der Waals surface area contributed by atoms with Gasteiger partial charge in [0, 0.05) is 18.2 Å². The molecule has 1 saturated heterocycles. The zero-order valence-corrected chi connectivity index (χ0v) is 10.4. The van der Waals surface area contributed by atoms with Gasteiger partial charge in [-0.1, -0.05) is 5.92 Å². The maximum atomic E-state index is 11.8. The Morgan fingerprint density at radius 3 is 3.00 bits per heavy atom. The highest BCUT2D eigenvalue weighted by Gasteiger charge is 2.47. The number of aliphatic hydroxyl groups is 2. The van der Waals surface area contributed by atoms with Gasteiger partial charge in [0.1, 0.15) is 18.1 Å². The van der Waals surface area contributed by atoms with Crippen LogP contribution in [0.3, 0.4) is 0 Å². The molecule has 2 rings (SSSR count). The quantitative estimate of drug-likeness (QED) is 0.578. The van der Waals surface area contributed by atoms with Gasteiger partial charge in [-0.3, -0.25) is 4.57 Å². The molecule has 19 heavy (non-hydrogen) atoms. The molecule has 2 heterocycles. The summed E-state index contributed by atoms with van der Waals surface area (Å²) >= 11 is 0. The molecule has 3 atom stereocenters. The maximum absolute atomic E-state index is 11.8. The first-order valence-electron chi connectivity index (χ1n) is 5.73. The number of terminal acetylenes is 1. The largest absolute Gasteiger partial charge is 0.392 e. The molecular formula is C12H15N3O4. The minimum Gasteiger partial charge on any atom is -0.392 e. The molecule has 1 aliphatic rings. The molecule has 0 aromatic carbocycles. The average Bonchev–Trinajstić information content (AvgIpc) is 2.71. The third kappa shape index (κ3) is 2.10. The van der Waals surface area contributed by atoms with E-state index in [1.165, 1.54) is 10.8 Å². The molecule has 7 nitrogen and oxygen atoms in total. The fourth-order valence-corrected chi connectivity index (χ4v) is 2.02. The van der Waals surface area contributed by atoms with Crippen LogP contribution in [-0.4, -0.2) is 38.1 Å². The Morgan fingerprint density at radius 2 is 2.47 bits per heavy atom. The van der Waals surface area contributed by atoms with Crippen molar-refractivity contribution in [2.45, 2.75) is 31.3 Å². The first kappa shape index (κ1) is 13.5. The van der Waals surface area contributed by atoms with E-state index in [4.69, 9.17) is 16.9 Å². The van der Waals surface area contributed by atoms with Crippen molar-refractivity contribution >= 4 is 5.82 Å². The minimum atomic E-state index is -1.49. The number of aliphatic hydroxyl groups excluding tert-OH is 2. The summed E-state index contributed by atoms with van der Waals surface area (Å²) in [4.78, 5) is 15.4. The van der Waals surface area contributed by atoms with Crippen molar-refractivity contribution in [1.82, 2.24) is 9.55 Å². The lowest BCUT2D eigenvalue weighted by Gasteiger charge is -2.23. The second-order valence-electron chi connectivity index (χ2n) is 4.51. The Bertz CT molecular complexity index is 592. The van der Waals surface area contributed by atoms with Gasteiger partial charge in [0.05, 0.1) is 6.61 Å². The third-order valence-corrected chi connectivity index (χ3v) is 3.27. The number of hydrogen-bond acceptors (Lipinski definition) is 6. The number of nitrogen functional groups attached to an aromatic ring is 1. The van der Waals surface area contributed by atoms with E-state index < -0.39 is 30.2 Å². The summed E-state index contributed by atoms with van der Waals surface area (Å²) in [5.41, 5.74) is 4.07. The van der Waals surface area contributed by atoms with Gasteiger partial charge < -0.3 is 20.7 Å². The van der Waals surface area contributed by atoms with Crippen LogP contribution in [0.2, 0.25) is 0 Å². The fraction of sp³-hybridized carbons (Fsp3) is 0.500. The smallest absolute Gasteiger partial charge is 0.351 e. The predicted octanol–water partition coefficient (Wildman–Crippen LogP) is -1.22. The highest BCUT2D eigenvalue weighted by atomic mass is 16.6. The molecule has 4 N–H and O–H groups in total. The molecule has 0 unspecified atom stereocenters. The van der Waals surface area contributed by atoms with Gasteiger partial charge >= 0.3 is 5.69 Å². The van der Waals surface area contributed by atoms with Crippen LogP contribution in [0.25, 0.3) is 0 Å². The molecule has 0 aliphatic carbocycles. The van der Waals surface area contributed by atoms with Gasteiger partial charge in [0.25, 0.3) is 0 Å². The zero-order chi connectivity index (χ0) is 14.2. The summed E-state index contributed by atoms with van der Waals surface area (Å²) in [6.45, 7) is 1.17. The van der Waals surface area contributed by atoms with E-state index in [1.807, 2.05) is 0 Å². The Labute approximate surface area is 109 Å². The van der Waals surface area contributed by atoms with Gasteiger partial charge in [-0.2, -0.15) is 4.98 Å². The Balaban J connectivity index is 2.39. The molecular weight excluding hydrogens is 250 g/mol. The summed E-state index contributed by atoms with van der Waals surface area (Å²) in [6.07, 6.45) is 5.03. The molecule has 1 aliphatic heterocycles.